The van der Waals surface area contributed by atoms with Crippen LogP contribution in [0.5, 0.6) is 5.75 Å². The predicted molar refractivity (Wildman–Crippen MR) is 116 cm³/mol. The van der Waals surface area contributed by atoms with Crippen molar-refractivity contribution in [3.8, 4) is 5.75 Å². The molecule has 0 aromatic heterocycles. The maximum Gasteiger partial charge on any atom is 0.271 e. The van der Waals surface area contributed by atoms with E-state index in [9.17, 15) is 23.3 Å². The highest BCUT2D eigenvalue weighted by molar-refractivity contribution is 7.92. The molecule has 0 saturated heterocycles. The van der Waals surface area contributed by atoms with Gasteiger partial charge in [0, 0.05) is 17.8 Å². The first-order valence-electron chi connectivity index (χ1n) is 9.34. The first-order valence-corrected chi connectivity index (χ1v) is 11.2. The van der Waals surface area contributed by atoms with E-state index >= 15 is 0 Å². The van der Waals surface area contributed by atoms with E-state index in [4.69, 9.17) is 4.74 Å². The van der Waals surface area contributed by atoms with E-state index in [1.165, 1.54) is 19.2 Å². The van der Waals surface area contributed by atoms with Crippen molar-refractivity contribution in [3.63, 3.8) is 0 Å². The Bertz CT molecular complexity index is 1010. The topological polar surface area (TPSA) is 119 Å². The van der Waals surface area contributed by atoms with Gasteiger partial charge in [0.05, 0.1) is 18.3 Å². The van der Waals surface area contributed by atoms with Gasteiger partial charge in [-0.2, -0.15) is 0 Å². The lowest BCUT2D eigenvalue weighted by atomic mass is 10.1. The maximum absolute atomic E-state index is 12.5. The summed E-state index contributed by atoms with van der Waals surface area (Å²) in [5.41, 5.74) is 1.27. The number of nitrogens with zero attached hydrogens (tertiary/aromatic N) is 2. The summed E-state index contributed by atoms with van der Waals surface area (Å²) < 4.78 is 30.6. The van der Waals surface area contributed by atoms with E-state index in [1.54, 1.807) is 12.1 Å². The van der Waals surface area contributed by atoms with E-state index in [0.717, 1.165) is 41.5 Å². The number of methoxy groups -OCH3 is 1. The van der Waals surface area contributed by atoms with Crippen molar-refractivity contribution >= 4 is 33.0 Å². The van der Waals surface area contributed by atoms with Gasteiger partial charge in [0.15, 0.2) is 0 Å². The summed E-state index contributed by atoms with van der Waals surface area (Å²) in [6, 6.07) is 10.9. The highest BCUT2D eigenvalue weighted by Gasteiger charge is 2.26. The Labute approximate surface area is 175 Å². The number of benzene rings is 2. The first-order chi connectivity index (χ1) is 14.2. The van der Waals surface area contributed by atoms with Gasteiger partial charge in [0.1, 0.15) is 18.0 Å². The zero-order valence-corrected chi connectivity index (χ0v) is 17.9. The fourth-order valence-electron chi connectivity index (χ4n) is 2.83. The van der Waals surface area contributed by atoms with Crippen molar-refractivity contribution in [3.05, 3.63) is 58.1 Å². The van der Waals surface area contributed by atoms with Gasteiger partial charge in [-0.15, -0.1) is 0 Å². The summed E-state index contributed by atoms with van der Waals surface area (Å²) in [7, 11) is -2.62. The minimum atomic E-state index is -3.93. The van der Waals surface area contributed by atoms with Crippen LogP contribution in [0.2, 0.25) is 0 Å². The molecule has 2 aromatic rings. The van der Waals surface area contributed by atoms with Gasteiger partial charge >= 0.3 is 0 Å². The molecule has 9 nitrogen and oxygen atoms in total. The lowest BCUT2D eigenvalue weighted by Gasteiger charge is -2.23. The molecule has 0 radical (unpaired) electrons. The Kier molecular flexibility index (Phi) is 7.76. The van der Waals surface area contributed by atoms with Gasteiger partial charge in [-0.1, -0.05) is 25.5 Å². The van der Waals surface area contributed by atoms with Crippen molar-refractivity contribution < 1.29 is 22.9 Å². The number of nitro benzene ring substituents is 1. The van der Waals surface area contributed by atoms with Crippen molar-refractivity contribution in [2.45, 2.75) is 26.2 Å². The molecule has 0 aliphatic rings. The average molecular weight is 436 g/mol. The number of unbranched alkanes of at least 4 members (excludes halogenated alkanes) is 1. The molecular formula is C20H25N3O6S. The average Bonchev–Trinajstić information content (AvgIpc) is 2.70. The largest absolute Gasteiger partial charge is 0.495 e. The number of anilines is 2. The molecule has 2 rings (SSSR count). The summed E-state index contributed by atoms with van der Waals surface area (Å²) in [5, 5.41) is 13.8. The number of carbonyl (C=O) groups excluding carboxylic acids is 1. The van der Waals surface area contributed by atoms with Gasteiger partial charge in [-0.3, -0.25) is 19.2 Å². The molecule has 0 fully saturated rings. The van der Waals surface area contributed by atoms with Crippen molar-refractivity contribution in [2.75, 3.05) is 29.5 Å². The Morgan fingerprint density at radius 2 is 1.87 bits per heavy atom. The number of aryl methyl sites for hydroxylation is 1. The van der Waals surface area contributed by atoms with E-state index < -0.39 is 27.4 Å². The third-order valence-corrected chi connectivity index (χ3v) is 5.51. The summed E-state index contributed by atoms with van der Waals surface area (Å²) in [6.07, 6.45) is 4.02. The quantitative estimate of drug-likeness (QED) is 0.451. The number of ether oxygens (including phenoxy) is 1. The fraction of sp³-hybridized carbons (Fsp3) is 0.350. The van der Waals surface area contributed by atoms with Crippen LogP contribution in [0.4, 0.5) is 17.1 Å². The van der Waals surface area contributed by atoms with Gasteiger partial charge in [-0.05, 0) is 36.6 Å². The molecule has 10 heteroatoms. The number of hydrogen-bond acceptors (Lipinski definition) is 6. The number of nitro groups is 1. The molecule has 0 aliphatic carbocycles. The number of rotatable bonds is 10. The number of nitrogens with one attached hydrogen (secondary N) is 1. The number of hydrogen-bond donors (Lipinski definition) is 1. The molecule has 0 bridgehead atoms. The Balaban J connectivity index is 2.24. The molecule has 0 spiro atoms. The third kappa shape index (κ3) is 6.18. The van der Waals surface area contributed by atoms with Gasteiger partial charge < -0.3 is 10.1 Å². The Morgan fingerprint density at radius 3 is 2.40 bits per heavy atom. The van der Waals surface area contributed by atoms with Crippen LogP contribution in [-0.2, 0) is 21.2 Å². The second-order valence-electron chi connectivity index (χ2n) is 6.73. The van der Waals surface area contributed by atoms with E-state index in [-0.39, 0.29) is 17.1 Å². The van der Waals surface area contributed by atoms with Crippen LogP contribution in [0.1, 0.15) is 25.3 Å². The molecule has 30 heavy (non-hydrogen) atoms. The summed E-state index contributed by atoms with van der Waals surface area (Å²) >= 11 is 0. The molecule has 162 valence electrons. The number of carbonyl (C=O) groups is 1. The van der Waals surface area contributed by atoms with E-state index in [0.29, 0.717) is 5.69 Å². The molecule has 1 amide bonds. The normalized spacial score (nSPS) is 11.0. The maximum atomic E-state index is 12.5. The van der Waals surface area contributed by atoms with Crippen LogP contribution < -0.4 is 14.4 Å². The zero-order chi connectivity index (χ0) is 22.3. The third-order valence-electron chi connectivity index (χ3n) is 4.39. The second kappa shape index (κ2) is 10.1. The minimum Gasteiger partial charge on any atom is -0.495 e. The lowest BCUT2D eigenvalue weighted by Crippen LogP contribution is -2.37. The van der Waals surface area contributed by atoms with Gasteiger partial charge in [-0.25, -0.2) is 8.42 Å². The van der Waals surface area contributed by atoms with Gasteiger partial charge in [0.2, 0.25) is 15.9 Å². The molecule has 2 aromatic carbocycles. The SMILES string of the molecule is CCCCc1ccc(NC(=O)CN(c2cc([N+](=O)[O-])ccc2OC)S(C)(=O)=O)cc1. The van der Waals surface area contributed by atoms with Crippen LogP contribution in [0.25, 0.3) is 0 Å². The summed E-state index contributed by atoms with van der Waals surface area (Å²) in [6.45, 7) is 1.55. The predicted octanol–water partition coefficient (Wildman–Crippen LogP) is 3.35. The zero-order valence-electron chi connectivity index (χ0n) is 17.1. The van der Waals surface area contributed by atoms with Crippen LogP contribution in [-0.4, -0.2) is 39.2 Å². The standard InChI is InChI=1S/C20H25N3O6S/c1-4-5-6-15-7-9-16(10-8-15)21-20(24)14-22(30(3,27)28)18-13-17(23(25)26)11-12-19(18)29-2/h7-13H,4-6,14H2,1-3H3,(H,21,24). The van der Waals surface area contributed by atoms with Crippen LogP contribution in [0.15, 0.2) is 42.5 Å². The summed E-state index contributed by atoms with van der Waals surface area (Å²) in [4.78, 5) is 23.0. The van der Waals surface area contributed by atoms with Crippen molar-refractivity contribution in [1.82, 2.24) is 0 Å². The molecule has 0 saturated carbocycles. The number of amides is 1. The van der Waals surface area contributed by atoms with Crippen LogP contribution in [0, 0.1) is 10.1 Å². The van der Waals surface area contributed by atoms with Crippen molar-refractivity contribution in [1.29, 1.82) is 0 Å². The monoisotopic (exact) mass is 435 g/mol. The van der Waals surface area contributed by atoms with Gasteiger partial charge in [0.25, 0.3) is 5.69 Å². The Hall–Kier alpha value is -3.14. The van der Waals surface area contributed by atoms with Crippen molar-refractivity contribution in [2.24, 2.45) is 0 Å². The molecule has 0 aliphatic heterocycles. The highest BCUT2D eigenvalue weighted by atomic mass is 32.2. The van der Waals surface area contributed by atoms with Crippen LogP contribution in [0.3, 0.4) is 0 Å². The Morgan fingerprint density at radius 1 is 1.20 bits per heavy atom. The molecule has 0 atom stereocenters. The van der Waals surface area contributed by atoms with E-state index in [2.05, 4.69) is 12.2 Å². The summed E-state index contributed by atoms with van der Waals surface area (Å²) in [5.74, 6) is -0.491. The number of non-ortho nitro benzene ring substituents is 1. The van der Waals surface area contributed by atoms with E-state index in [1.807, 2.05) is 12.1 Å². The minimum absolute atomic E-state index is 0.0840. The number of sulfonamides is 1. The first kappa shape index (κ1) is 23.1. The molecule has 0 unspecified atom stereocenters. The molecule has 1 N–H and O–H groups in total. The van der Waals surface area contributed by atoms with Crippen LogP contribution >= 0.6 is 0 Å². The molecular weight excluding hydrogens is 410 g/mol. The molecule has 0 heterocycles. The highest BCUT2D eigenvalue weighted by Crippen LogP contribution is 2.33. The lowest BCUT2D eigenvalue weighted by molar-refractivity contribution is -0.384. The fourth-order valence-corrected chi connectivity index (χ4v) is 3.69. The smallest absolute Gasteiger partial charge is 0.271 e. The second-order valence-corrected chi connectivity index (χ2v) is 8.64.